The molecule has 0 N–H and O–H groups in total. The zero-order valence-electron chi connectivity index (χ0n) is 14.0. The second-order valence-electron chi connectivity index (χ2n) is 6.02. The van der Waals surface area contributed by atoms with E-state index in [0.29, 0.717) is 29.7 Å². The summed E-state index contributed by atoms with van der Waals surface area (Å²) in [5.74, 6) is 0. The molecule has 0 bridgehead atoms. The van der Waals surface area contributed by atoms with E-state index < -0.39 is 0 Å². The quantitative estimate of drug-likeness (QED) is 0.548. The van der Waals surface area contributed by atoms with E-state index >= 15 is 0 Å². The Labute approximate surface area is 153 Å². The summed E-state index contributed by atoms with van der Waals surface area (Å²) in [6, 6.07) is 17.3. The molecule has 3 aromatic heterocycles. The third kappa shape index (κ3) is 3.11. The van der Waals surface area contributed by atoms with Crippen molar-refractivity contribution in [2.24, 2.45) is 0 Å². The predicted octanol–water partition coefficient (Wildman–Crippen LogP) is 2.91. The van der Waals surface area contributed by atoms with Crippen molar-refractivity contribution in [1.82, 2.24) is 14.1 Å². The van der Waals surface area contributed by atoms with Crippen LogP contribution in [0.3, 0.4) is 0 Å². The van der Waals surface area contributed by atoms with Gasteiger partial charge in [-0.25, -0.2) is 4.79 Å². The molecule has 1 aromatic carbocycles. The largest absolute Gasteiger partial charge is 0.331 e. The highest BCUT2D eigenvalue weighted by atomic mass is 32.1. The average molecular weight is 363 g/mol. The number of pyridine rings is 1. The third-order valence-electron chi connectivity index (χ3n) is 4.35. The molecule has 6 heteroatoms. The predicted molar refractivity (Wildman–Crippen MR) is 104 cm³/mol. The number of aryl methyl sites for hydroxylation is 1. The molecule has 130 valence electrons. The molecule has 0 unspecified atom stereocenters. The molecule has 0 saturated carbocycles. The van der Waals surface area contributed by atoms with Gasteiger partial charge in [0.05, 0.1) is 17.8 Å². The van der Waals surface area contributed by atoms with Crippen molar-refractivity contribution in [1.29, 1.82) is 0 Å². The van der Waals surface area contributed by atoms with Crippen molar-refractivity contribution in [2.75, 3.05) is 0 Å². The first-order chi connectivity index (χ1) is 12.7. The maximum absolute atomic E-state index is 13.0. The highest BCUT2D eigenvalue weighted by Gasteiger charge is 2.14. The van der Waals surface area contributed by atoms with Gasteiger partial charge in [-0.1, -0.05) is 36.4 Å². The van der Waals surface area contributed by atoms with Crippen LogP contribution in [0.4, 0.5) is 0 Å². The van der Waals surface area contributed by atoms with Gasteiger partial charge in [-0.2, -0.15) is 0 Å². The summed E-state index contributed by atoms with van der Waals surface area (Å²) in [6.07, 6.45) is 2.34. The first kappa shape index (κ1) is 16.5. The van der Waals surface area contributed by atoms with Gasteiger partial charge in [0.25, 0.3) is 5.56 Å². The minimum absolute atomic E-state index is 0.215. The molecule has 5 nitrogen and oxygen atoms in total. The summed E-state index contributed by atoms with van der Waals surface area (Å²) in [5, 5.41) is 1.85. The van der Waals surface area contributed by atoms with E-state index in [4.69, 9.17) is 0 Å². The van der Waals surface area contributed by atoms with E-state index in [1.54, 1.807) is 10.8 Å². The molecule has 4 aromatic rings. The fourth-order valence-electron chi connectivity index (χ4n) is 3.02. The molecular weight excluding hydrogens is 346 g/mol. The minimum atomic E-state index is -0.289. The molecule has 0 amide bonds. The zero-order chi connectivity index (χ0) is 17.9. The molecule has 26 heavy (non-hydrogen) atoms. The van der Waals surface area contributed by atoms with Gasteiger partial charge in [-0.05, 0) is 35.6 Å². The minimum Gasteiger partial charge on any atom is -0.286 e. The summed E-state index contributed by atoms with van der Waals surface area (Å²) < 4.78 is 3.59. The van der Waals surface area contributed by atoms with E-state index in [1.807, 2.05) is 60.0 Å². The van der Waals surface area contributed by atoms with Gasteiger partial charge in [-0.15, -0.1) is 11.3 Å². The van der Waals surface area contributed by atoms with Crippen LogP contribution in [-0.2, 0) is 19.5 Å². The fraction of sp³-hybridized carbons (Fsp3) is 0.150. The first-order valence-corrected chi connectivity index (χ1v) is 9.26. The van der Waals surface area contributed by atoms with Gasteiger partial charge in [0.15, 0.2) is 0 Å². The second-order valence-corrected chi connectivity index (χ2v) is 6.93. The summed E-state index contributed by atoms with van der Waals surface area (Å²) in [5.41, 5.74) is 2.05. The number of hydrogen-bond donors (Lipinski definition) is 0. The van der Waals surface area contributed by atoms with Crippen molar-refractivity contribution < 1.29 is 0 Å². The zero-order valence-corrected chi connectivity index (χ0v) is 14.9. The number of rotatable bonds is 5. The smallest absolute Gasteiger partial charge is 0.286 e. The lowest BCUT2D eigenvalue weighted by Crippen LogP contribution is -2.40. The molecule has 0 atom stereocenters. The molecule has 4 rings (SSSR count). The van der Waals surface area contributed by atoms with Gasteiger partial charge in [-0.3, -0.25) is 18.9 Å². The Kier molecular flexibility index (Phi) is 4.50. The summed E-state index contributed by atoms with van der Waals surface area (Å²) in [7, 11) is 0. The van der Waals surface area contributed by atoms with Crippen LogP contribution >= 0.6 is 11.3 Å². The second kappa shape index (κ2) is 7.09. The Bertz CT molecular complexity index is 1140. The summed E-state index contributed by atoms with van der Waals surface area (Å²) >= 11 is 1.37. The molecule has 0 aliphatic heterocycles. The Morgan fingerprint density at radius 2 is 1.73 bits per heavy atom. The SMILES string of the molecule is O=c1c2sccc2n(Cc2ccccn2)c(=O)n1CCc1ccccc1. The molecule has 0 aliphatic rings. The standard InChI is InChI=1S/C20H17N3O2S/c24-19-18-17(10-13-26-18)23(14-16-8-4-5-11-21-16)20(25)22(19)12-9-15-6-2-1-3-7-15/h1-8,10-11,13H,9,12,14H2. The van der Waals surface area contributed by atoms with E-state index in [0.717, 1.165) is 11.3 Å². The molecular formula is C20H17N3O2S. The summed E-state index contributed by atoms with van der Waals surface area (Å²) in [6.45, 7) is 0.705. The van der Waals surface area contributed by atoms with E-state index in [1.165, 1.54) is 15.9 Å². The van der Waals surface area contributed by atoms with Crippen molar-refractivity contribution >= 4 is 21.6 Å². The molecule has 0 aliphatic carbocycles. The van der Waals surface area contributed by atoms with Crippen LogP contribution in [0.15, 0.2) is 75.8 Å². The van der Waals surface area contributed by atoms with Crippen molar-refractivity contribution in [3.05, 3.63) is 98.3 Å². The number of fused-ring (bicyclic) bond motifs is 1. The van der Waals surface area contributed by atoms with Gasteiger partial charge in [0.2, 0.25) is 0 Å². The van der Waals surface area contributed by atoms with Crippen LogP contribution in [0.5, 0.6) is 0 Å². The van der Waals surface area contributed by atoms with E-state index in [9.17, 15) is 9.59 Å². The Balaban J connectivity index is 1.78. The highest BCUT2D eigenvalue weighted by molar-refractivity contribution is 7.17. The monoisotopic (exact) mass is 363 g/mol. The van der Waals surface area contributed by atoms with E-state index in [2.05, 4.69) is 4.98 Å². The van der Waals surface area contributed by atoms with Crippen LogP contribution in [0.1, 0.15) is 11.3 Å². The number of hydrogen-bond acceptors (Lipinski definition) is 4. The molecule has 0 saturated heterocycles. The molecule has 0 fully saturated rings. The Hall–Kier alpha value is -2.99. The van der Waals surface area contributed by atoms with Crippen LogP contribution in [-0.4, -0.2) is 14.1 Å². The molecule has 0 radical (unpaired) electrons. The van der Waals surface area contributed by atoms with Crippen molar-refractivity contribution in [3.63, 3.8) is 0 Å². The maximum atomic E-state index is 13.0. The van der Waals surface area contributed by atoms with Crippen LogP contribution in [0.25, 0.3) is 10.2 Å². The van der Waals surface area contributed by atoms with E-state index in [-0.39, 0.29) is 11.2 Å². The summed E-state index contributed by atoms with van der Waals surface area (Å²) in [4.78, 5) is 30.1. The lowest BCUT2D eigenvalue weighted by atomic mass is 10.1. The average Bonchev–Trinajstić information content (AvgIpc) is 3.17. The number of aromatic nitrogens is 3. The maximum Gasteiger partial charge on any atom is 0.331 e. The number of nitrogens with zero attached hydrogens (tertiary/aromatic N) is 3. The van der Waals surface area contributed by atoms with Crippen LogP contribution in [0, 0.1) is 0 Å². The van der Waals surface area contributed by atoms with Crippen LogP contribution in [0.2, 0.25) is 0 Å². The van der Waals surface area contributed by atoms with Gasteiger partial charge in [0.1, 0.15) is 4.70 Å². The molecule has 0 spiro atoms. The number of benzene rings is 1. The topological polar surface area (TPSA) is 56.9 Å². The Morgan fingerprint density at radius 1 is 0.923 bits per heavy atom. The first-order valence-electron chi connectivity index (χ1n) is 8.39. The van der Waals surface area contributed by atoms with Gasteiger partial charge in [0, 0.05) is 12.7 Å². The highest BCUT2D eigenvalue weighted by Crippen LogP contribution is 2.16. The van der Waals surface area contributed by atoms with Crippen molar-refractivity contribution in [2.45, 2.75) is 19.5 Å². The third-order valence-corrected chi connectivity index (χ3v) is 5.24. The lowest BCUT2D eigenvalue weighted by molar-refractivity contribution is 0.588. The van der Waals surface area contributed by atoms with Crippen LogP contribution < -0.4 is 11.2 Å². The van der Waals surface area contributed by atoms with Gasteiger partial charge >= 0.3 is 5.69 Å². The van der Waals surface area contributed by atoms with Crippen molar-refractivity contribution in [3.8, 4) is 0 Å². The Morgan fingerprint density at radius 3 is 2.50 bits per heavy atom. The lowest BCUT2D eigenvalue weighted by Gasteiger charge is -2.12. The van der Waals surface area contributed by atoms with Gasteiger partial charge < -0.3 is 0 Å². The number of thiophene rings is 1. The fourth-order valence-corrected chi connectivity index (χ4v) is 3.87. The molecule has 3 heterocycles. The normalized spacial score (nSPS) is 11.1.